The highest BCUT2D eigenvalue weighted by Gasteiger charge is 2.34. The predicted octanol–water partition coefficient (Wildman–Crippen LogP) is 6.46. The van der Waals surface area contributed by atoms with Crippen LogP contribution < -0.4 is 5.32 Å². The van der Waals surface area contributed by atoms with Crippen LogP contribution in [0.3, 0.4) is 0 Å². The Labute approximate surface area is 202 Å². The zero-order chi connectivity index (χ0) is 24.9. The molecule has 0 aliphatic heterocycles. The first-order valence-corrected chi connectivity index (χ1v) is 10.6. The molecule has 34 heavy (non-hydrogen) atoms. The minimum absolute atomic E-state index is 0.0356. The molecule has 1 atom stereocenters. The van der Waals surface area contributed by atoms with Gasteiger partial charge in [-0.3, -0.25) is 9.78 Å². The number of benzene rings is 2. The molecule has 1 unspecified atom stereocenters. The summed E-state index contributed by atoms with van der Waals surface area (Å²) in [5.74, 6) is -1.39. The summed E-state index contributed by atoms with van der Waals surface area (Å²) in [5.41, 5.74) is -0.863. The van der Waals surface area contributed by atoms with E-state index in [1.54, 1.807) is 6.92 Å². The van der Waals surface area contributed by atoms with Crippen LogP contribution in [0.4, 0.5) is 17.6 Å². The van der Waals surface area contributed by atoms with Gasteiger partial charge in [-0.05, 0) is 42.8 Å². The van der Waals surface area contributed by atoms with Gasteiger partial charge in [0.15, 0.2) is 0 Å². The first kappa shape index (κ1) is 25.5. The first-order chi connectivity index (χ1) is 16.1. The van der Waals surface area contributed by atoms with E-state index in [1.807, 2.05) is 0 Å². The largest absolute Gasteiger partial charge is 0.417 e. The summed E-state index contributed by atoms with van der Waals surface area (Å²) in [5, 5.41) is 6.75. The molecule has 5 nitrogen and oxygen atoms in total. The van der Waals surface area contributed by atoms with E-state index in [4.69, 9.17) is 28.0 Å². The van der Waals surface area contributed by atoms with E-state index >= 15 is 0 Å². The number of oxime groups is 1. The molecule has 11 heteroatoms. The molecule has 0 aliphatic carbocycles. The third-order valence-corrected chi connectivity index (χ3v) is 5.13. The number of carbonyl (C=O) groups is 1. The van der Waals surface area contributed by atoms with E-state index in [0.29, 0.717) is 5.56 Å². The van der Waals surface area contributed by atoms with Crippen molar-refractivity contribution in [1.29, 1.82) is 0 Å². The normalized spacial score (nSPS) is 12.9. The number of hydrogen-bond acceptors (Lipinski definition) is 4. The van der Waals surface area contributed by atoms with Crippen LogP contribution in [-0.2, 0) is 11.0 Å². The lowest BCUT2D eigenvalue weighted by Gasteiger charge is -2.15. The second kappa shape index (κ2) is 10.8. The molecule has 0 saturated carbocycles. The van der Waals surface area contributed by atoms with Gasteiger partial charge in [0.1, 0.15) is 23.3 Å². The molecule has 0 saturated heterocycles. The second-order valence-electron chi connectivity index (χ2n) is 7.05. The SMILES string of the molecule is CC(O/N=C(/CNC(=O)c1ccccc1C(F)(F)F)c1ncc(Cl)cc1Cl)c1ccc(F)cc1. The quantitative estimate of drug-likeness (QED) is 0.224. The Morgan fingerprint density at radius 2 is 1.82 bits per heavy atom. The zero-order valence-electron chi connectivity index (χ0n) is 17.5. The summed E-state index contributed by atoms with van der Waals surface area (Å²) in [7, 11) is 0. The van der Waals surface area contributed by atoms with Gasteiger partial charge in [0.2, 0.25) is 0 Å². The van der Waals surface area contributed by atoms with Crippen molar-refractivity contribution < 1.29 is 27.2 Å². The van der Waals surface area contributed by atoms with Gasteiger partial charge in [-0.15, -0.1) is 0 Å². The molecule has 1 aromatic heterocycles. The number of aromatic nitrogens is 1. The maximum atomic E-state index is 13.3. The maximum absolute atomic E-state index is 13.3. The van der Waals surface area contributed by atoms with Gasteiger partial charge in [0.25, 0.3) is 5.91 Å². The summed E-state index contributed by atoms with van der Waals surface area (Å²) in [6.07, 6.45) is -4.04. The van der Waals surface area contributed by atoms with Gasteiger partial charge in [-0.25, -0.2) is 4.39 Å². The number of alkyl halides is 3. The zero-order valence-corrected chi connectivity index (χ0v) is 19.0. The molecule has 3 aromatic rings. The Kier molecular flexibility index (Phi) is 8.11. The van der Waals surface area contributed by atoms with Crippen LogP contribution in [0, 0.1) is 5.82 Å². The fourth-order valence-corrected chi connectivity index (χ4v) is 3.40. The molecule has 1 N–H and O–H groups in total. The molecule has 2 aromatic carbocycles. The topological polar surface area (TPSA) is 63.6 Å². The van der Waals surface area contributed by atoms with Crippen molar-refractivity contribution in [3.8, 4) is 0 Å². The lowest BCUT2D eigenvalue weighted by Crippen LogP contribution is -2.32. The highest BCUT2D eigenvalue weighted by molar-refractivity contribution is 6.36. The summed E-state index contributed by atoms with van der Waals surface area (Å²) in [6, 6.07) is 11.3. The Hall–Kier alpha value is -3.17. The van der Waals surface area contributed by atoms with Crippen LogP contribution in [0.15, 0.2) is 65.9 Å². The van der Waals surface area contributed by atoms with Crippen molar-refractivity contribution in [3.63, 3.8) is 0 Å². The van der Waals surface area contributed by atoms with E-state index in [-0.39, 0.29) is 28.0 Å². The molecule has 3 rings (SSSR count). The molecule has 0 fully saturated rings. The molecule has 0 aliphatic rings. The summed E-state index contributed by atoms with van der Waals surface area (Å²) >= 11 is 12.1. The van der Waals surface area contributed by atoms with Crippen molar-refractivity contribution in [1.82, 2.24) is 10.3 Å². The Morgan fingerprint density at radius 3 is 2.47 bits per heavy atom. The fraction of sp³-hybridized carbons (Fsp3) is 0.174. The maximum Gasteiger partial charge on any atom is 0.417 e. The molecule has 178 valence electrons. The number of hydrogen-bond donors (Lipinski definition) is 1. The van der Waals surface area contributed by atoms with Gasteiger partial charge in [0, 0.05) is 6.20 Å². The van der Waals surface area contributed by atoms with Crippen molar-refractivity contribution in [2.24, 2.45) is 5.16 Å². The van der Waals surface area contributed by atoms with Crippen LogP contribution in [0.25, 0.3) is 0 Å². The standard InChI is InChI=1S/C23H17Cl2F4N3O2/c1-13(14-6-8-16(26)9-7-14)34-32-20(21-19(25)10-15(24)11-30-21)12-31-22(33)17-4-2-3-5-18(17)23(27,28)29/h2-11,13H,12H2,1H3,(H,31,33)/b32-20-. The third-order valence-electron chi connectivity index (χ3n) is 4.64. The molecule has 0 spiro atoms. The number of nitrogens with zero attached hydrogens (tertiary/aromatic N) is 2. The van der Waals surface area contributed by atoms with E-state index in [0.717, 1.165) is 12.1 Å². The summed E-state index contributed by atoms with van der Waals surface area (Å²) < 4.78 is 53.0. The van der Waals surface area contributed by atoms with Crippen molar-refractivity contribution in [3.05, 3.63) is 99.0 Å². The monoisotopic (exact) mass is 513 g/mol. The Bertz CT molecular complexity index is 1200. The third kappa shape index (κ3) is 6.45. The highest BCUT2D eigenvalue weighted by atomic mass is 35.5. The average molecular weight is 514 g/mol. The first-order valence-electron chi connectivity index (χ1n) is 9.80. The van der Waals surface area contributed by atoms with Gasteiger partial charge < -0.3 is 10.2 Å². The number of rotatable bonds is 7. The highest BCUT2D eigenvalue weighted by Crippen LogP contribution is 2.31. The second-order valence-corrected chi connectivity index (χ2v) is 7.89. The van der Waals surface area contributed by atoms with Gasteiger partial charge in [-0.2, -0.15) is 13.2 Å². The number of carbonyl (C=O) groups excluding carboxylic acids is 1. The van der Waals surface area contributed by atoms with Gasteiger partial charge >= 0.3 is 6.18 Å². The lowest BCUT2D eigenvalue weighted by atomic mass is 10.1. The molecule has 1 heterocycles. The summed E-state index contributed by atoms with van der Waals surface area (Å²) in [6.45, 7) is 1.30. The Balaban J connectivity index is 1.85. The van der Waals surface area contributed by atoms with Crippen LogP contribution in [0.5, 0.6) is 0 Å². The number of halogens is 6. The van der Waals surface area contributed by atoms with E-state index in [9.17, 15) is 22.4 Å². The van der Waals surface area contributed by atoms with Crippen molar-refractivity contribution in [2.45, 2.75) is 19.2 Å². The number of amides is 1. The Morgan fingerprint density at radius 1 is 1.15 bits per heavy atom. The van der Waals surface area contributed by atoms with E-state index in [1.165, 1.54) is 48.7 Å². The minimum atomic E-state index is -4.71. The van der Waals surface area contributed by atoms with Crippen LogP contribution in [0.2, 0.25) is 10.0 Å². The van der Waals surface area contributed by atoms with E-state index in [2.05, 4.69) is 15.5 Å². The van der Waals surface area contributed by atoms with Crippen LogP contribution >= 0.6 is 23.2 Å². The lowest BCUT2D eigenvalue weighted by molar-refractivity contribution is -0.137. The van der Waals surface area contributed by atoms with E-state index < -0.39 is 35.1 Å². The van der Waals surface area contributed by atoms with Crippen molar-refractivity contribution in [2.75, 3.05) is 6.54 Å². The number of nitrogens with one attached hydrogen (secondary N) is 1. The average Bonchev–Trinajstić information content (AvgIpc) is 2.79. The molecule has 0 bridgehead atoms. The van der Waals surface area contributed by atoms with Crippen LogP contribution in [0.1, 0.15) is 40.2 Å². The molecular weight excluding hydrogens is 497 g/mol. The van der Waals surface area contributed by atoms with Crippen LogP contribution in [-0.4, -0.2) is 23.1 Å². The van der Waals surface area contributed by atoms with Crippen molar-refractivity contribution >= 4 is 34.8 Å². The molecular formula is C23H17Cl2F4N3O2. The number of pyridine rings is 1. The molecule has 1 amide bonds. The summed E-state index contributed by atoms with van der Waals surface area (Å²) in [4.78, 5) is 22.1. The van der Waals surface area contributed by atoms with Gasteiger partial charge in [-0.1, -0.05) is 52.6 Å². The predicted molar refractivity (Wildman–Crippen MR) is 120 cm³/mol. The fourth-order valence-electron chi connectivity index (χ4n) is 2.91. The minimum Gasteiger partial charge on any atom is -0.388 e. The van der Waals surface area contributed by atoms with Gasteiger partial charge in [0.05, 0.1) is 27.7 Å². The smallest absolute Gasteiger partial charge is 0.388 e. The molecule has 0 radical (unpaired) electrons.